The van der Waals surface area contributed by atoms with Crippen molar-refractivity contribution in [2.24, 2.45) is 0 Å². The lowest BCUT2D eigenvalue weighted by atomic mass is 10.1. The topological polar surface area (TPSA) is 30.2 Å². The number of alkyl halides is 3. The number of rotatable bonds is 2. The van der Waals surface area contributed by atoms with Gasteiger partial charge in [-0.3, -0.25) is 0 Å². The molecule has 0 radical (unpaired) electrons. The van der Waals surface area contributed by atoms with Crippen LogP contribution in [0.25, 0.3) is 0 Å². The molecular weight excluding hydrogens is 245 g/mol. The highest BCUT2D eigenvalue weighted by Crippen LogP contribution is 2.29. The van der Waals surface area contributed by atoms with E-state index >= 15 is 0 Å². The lowest BCUT2D eigenvalue weighted by Gasteiger charge is -2.07. The molecule has 94 valence electrons. The van der Waals surface area contributed by atoms with Gasteiger partial charge in [-0.05, 0) is 11.6 Å². The van der Waals surface area contributed by atoms with E-state index in [4.69, 9.17) is 0 Å². The Balaban J connectivity index is 2.36. The number of hydrogen-bond acceptors (Lipinski definition) is 2. The standard InChI is InChI=1S/C13H9F3O2/c14-13(15,16)11-7-10(12(17)18-8-11)6-9-4-2-1-3-5-9/h1-5,7-8H,6H2. The molecule has 1 aromatic carbocycles. The second-order valence-electron chi connectivity index (χ2n) is 3.81. The van der Waals surface area contributed by atoms with Crippen LogP contribution in [0.4, 0.5) is 13.2 Å². The average Bonchev–Trinajstić information content (AvgIpc) is 2.32. The molecule has 0 spiro atoms. The van der Waals surface area contributed by atoms with Crippen molar-refractivity contribution in [1.82, 2.24) is 0 Å². The van der Waals surface area contributed by atoms with Crippen LogP contribution < -0.4 is 5.63 Å². The van der Waals surface area contributed by atoms with Crippen molar-refractivity contribution in [1.29, 1.82) is 0 Å². The first kappa shape index (κ1) is 12.4. The molecule has 0 aliphatic heterocycles. The number of hydrogen-bond donors (Lipinski definition) is 0. The summed E-state index contributed by atoms with van der Waals surface area (Å²) in [6.45, 7) is 0. The Morgan fingerprint density at radius 2 is 1.78 bits per heavy atom. The van der Waals surface area contributed by atoms with E-state index < -0.39 is 17.4 Å². The zero-order chi connectivity index (χ0) is 13.2. The molecule has 2 rings (SSSR count). The van der Waals surface area contributed by atoms with Crippen molar-refractivity contribution < 1.29 is 17.6 Å². The smallest absolute Gasteiger partial charge is 0.419 e. The van der Waals surface area contributed by atoms with Gasteiger partial charge in [-0.25, -0.2) is 4.79 Å². The summed E-state index contributed by atoms with van der Waals surface area (Å²) >= 11 is 0. The van der Waals surface area contributed by atoms with Gasteiger partial charge in [0.1, 0.15) is 6.26 Å². The van der Waals surface area contributed by atoms with Gasteiger partial charge in [-0.15, -0.1) is 0 Å². The van der Waals surface area contributed by atoms with E-state index in [2.05, 4.69) is 4.42 Å². The molecule has 0 N–H and O–H groups in total. The van der Waals surface area contributed by atoms with Crippen LogP contribution in [-0.4, -0.2) is 0 Å². The third-order valence-electron chi connectivity index (χ3n) is 2.45. The predicted octanol–water partition coefficient (Wildman–Crippen LogP) is 3.25. The molecule has 0 saturated carbocycles. The molecule has 0 fully saturated rings. The largest absolute Gasteiger partial charge is 0.430 e. The van der Waals surface area contributed by atoms with E-state index in [-0.39, 0.29) is 12.0 Å². The second kappa shape index (κ2) is 4.68. The quantitative estimate of drug-likeness (QED) is 0.823. The molecule has 2 aromatic rings. The lowest BCUT2D eigenvalue weighted by Crippen LogP contribution is -2.13. The zero-order valence-electron chi connectivity index (χ0n) is 9.20. The maximum absolute atomic E-state index is 12.5. The minimum Gasteiger partial charge on any atom is -0.430 e. The van der Waals surface area contributed by atoms with Crippen molar-refractivity contribution >= 4 is 0 Å². The maximum Gasteiger partial charge on any atom is 0.419 e. The Morgan fingerprint density at radius 3 is 2.39 bits per heavy atom. The van der Waals surface area contributed by atoms with Gasteiger partial charge < -0.3 is 4.42 Å². The Morgan fingerprint density at radius 1 is 1.11 bits per heavy atom. The molecule has 1 aromatic heterocycles. The minimum atomic E-state index is -4.51. The molecule has 1 heterocycles. The van der Waals surface area contributed by atoms with Gasteiger partial charge in [-0.2, -0.15) is 13.2 Å². The number of benzene rings is 1. The van der Waals surface area contributed by atoms with E-state index in [9.17, 15) is 18.0 Å². The van der Waals surface area contributed by atoms with Gasteiger partial charge >= 0.3 is 11.8 Å². The van der Waals surface area contributed by atoms with Crippen LogP contribution in [0.15, 0.2) is 51.9 Å². The van der Waals surface area contributed by atoms with Crippen LogP contribution in [0.3, 0.4) is 0 Å². The normalized spacial score (nSPS) is 11.5. The highest BCUT2D eigenvalue weighted by atomic mass is 19.4. The van der Waals surface area contributed by atoms with Crippen molar-refractivity contribution in [3.8, 4) is 0 Å². The van der Waals surface area contributed by atoms with Crippen molar-refractivity contribution in [2.45, 2.75) is 12.6 Å². The molecule has 0 saturated heterocycles. The highest BCUT2D eigenvalue weighted by molar-refractivity contribution is 5.26. The molecule has 0 aliphatic carbocycles. The van der Waals surface area contributed by atoms with Gasteiger partial charge in [0, 0.05) is 12.0 Å². The monoisotopic (exact) mass is 254 g/mol. The van der Waals surface area contributed by atoms with E-state index in [0.717, 1.165) is 11.6 Å². The van der Waals surface area contributed by atoms with E-state index in [1.54, 1.807) is 30.3 Å². The van der Waals surface area contributed by atoms with Crippen LogP contribution in [0, 0.1) is 0 Å². The predicted molar refractivity (Wildman–Crippen MR) is 59.2 cm³/mol. The summed E-state index contributed by atoms with van der Waals surface area (Å²) in [6.07, 6.45) is -3.95. The molecule has 18 heavy (non-hydrogen) atoms. The minimum absolute atomic E-state index is 0.00368. The lowest BCUT2D eigenvalue weighted by molar-refractivity contribution is -0.138. The molecule has 0 amide bonds. The first-order chi connectivity index (χ1) is 8.47. The second-order valence-corrected chi connectivity index (χ2v) is 3.81. The molecule has 0 atom stereocenters. The van der Waals surface area contributed by atoms with Crippen molar-refractivity contribution in [3.05, 3.63) is 69.8 Å². The Bertz CT molecular complexity index is 585. The van der Waals surface area contributed by atoms with Gasteiger partial charge in [0.15, 0.2) is 0 Å². The van der Waals surface area contributed by atoms with Crippen LogP contribution in [0.2, 0.25) is 0 Å². The molecule has 5 heteroatoms. The first-order valence-corrected chi connectivity index (χ1v) is 5.19. The van der Waals surface area contributed by atoms with Crippen LogP contribution in [0.5, 0.6) is 0 Å². The Kier molecular flexibility index (Phi) is 3.23. The van der Waals surface area contributed by atoms with Gasteiger partial charge in [0.2, 0.25) is 0 Å². The summed E-state index contributed by atoms with van der Waals surface area (Å²) in [5.74, 6) is 0. The van der Waals surface area contributed by atoms with Crippen LogP contribution in [-0.2, 0) is 12.6 Å². The Hall–Kier alpha value is -2.04. The maximum atomic E-state index is 12.5. The fraction of sp³-hybridized carbons (Fsp3) is 0.154. The average molecular weight is 254 g/mol. The SMILES string of the molecule is O=c1occ(C(F)(F)F)cc1Cc1ccccc1. The fourth-order valence-corrected chi connectivity index (χ4v) is 1.56. The van der Waals surface area contributed by atoms with Crippen LogP contribution >= 0.6 is 0 Å². The molecule has 0 unspecified atom stereocenters. The molecule has 0 bridgehead atoms. The van der Waals surface area contributed by atoms with E-state index in [1.165, 1.54) is 0 Å². The highest BCUT2D eigenvalue weighted by Gasteiger charge is 2.32. The third-order valence-corrected chi connectivity index (χ3v) is 2.45. The van der Waals surface area contributed by atoms with E-state index in [1.807, 2.05) is 0 Å². The van der Waals surface area contributed by atoms with Crippen LogP contribution in [0.1, 0.15) is 16.7 Å². The summed E-state index contributed by atoms with van der Waals surface area (Å²) in [6, 6.07) is 9.60. The summed E-state index contributed by atoms with van der Waals surface area (Å²) in [5.41, 5.74) is -0.944. The third kappa shape index (κ3) is 2.80. The molecule has 2 nitrogen and oxygen atoms in total. The summed E-state index contributed by atoms with van der Waals surface area (Å²) in [4.78, 5) is 11.4. The number of halogens is 3. The Labute approximate surface area is 101 Å². The summed E-state index contributed by atoms with van der Waals surface area (Å²) in [7, 11) is 0. The van der Waals surface area contributed by atoms with Crippen molar-refractivity contribution in [2.75, 3.05) is 0 Å². The first-order valence-electron chi connectivity index (χ1n) is 5.19. The molecule has 0 aliphatic rings. The molecular formula is C13H9F3O2. The van der Waals surface area contributed by atoms with Gasteiger partial charge in [0.25, 0.3) is 0 Å². The van der Waals surface area contributed by atoms with Crippen molar-refractivity contribution in [3.63, 3.8) is 0 Å². The van der Waals surface area contributed by atoms with E-state index in [0.29, 0.717) is 6.26 Å². The zero-order valence-corrected chi connectivity index (χ0v) is 9.20. The van der Waals surface area contributed by atoms with Gasteiger partial charge in [0.05, 0.1) is 5.56 Å². The van der Waals surface area contributed by atoms with Gasteiger partial charge in [-0.1, -0.05) is 30.3 Å². The summed E-state index contributed by atoms with van der Waals surface area (Å²) < 4.78 is 41.8. The summed E-state index contributed by atoms with van der Waals surface area (Å²) in [5, 5.41) is 0. The fourth-order valence-electron chi connectivity index (χ4n) is 1.56.